The monoisotopic (exact) mass is 294 g/mol. The second-order valence-electron chi connectivity index (χ2n) is 4.56. The summed E-state index contributed by atoms with van der Waals surface area (Å²) >= 11 is 1.16. The SMILES string of the molecule is CN(CC(F)(F)F)c1nc2c(s1)CCCC2C(=O)O. The number of hydrogen-bond donors (Lipinski definition) is 1. The number of hydrogen-bond acceptors (Lipinski definition) is 4. The predicted molar refractivity (Wildman–Crippen MR) is 64.8 cm³/mol. The van der Waals surface area contributed by atoms with Gasteiger partial charge in [-0.05, 0) is 19.3 Å². The first-order valence-electron chi connectivity index (χ1n) is 5.78. The van der Waals surface area contributed by atoms with Gasteiger partial charge in [0.05, 0.1) is 5.69 Å². The van der Waals surface area contributed by atoms with Crippen molar-refractivity contribution < 1.29 is 23.1 Å². The van der Waals surface area contributed by atoms with Crippen LogP contribution in [0, 0.1) is 0 Å². The van der Waals surface area contributed by atoms with E-state index in [9.17, 15) is 18.0 Å². The van der Waals surface area contributed by atoms with Gasteiger partial charge in [0.2, 0.25) is 0 Å². The van der Waals surface area contributed by atoms with Crippen LogP contribution in [0.15, 0.2) is 0 Å². The van der Waals surface area contributed by atoms with E-state index in [1.807, 2.05) is 0 Å². The summed E-state index contributed by atoms with van der Waals surface area (Å²) in [5.74, 6) is -1.65. The van der Waals surface area contributed by atoms with Crippen LogP contribution in [0.4, 0.5) is 18.3 Å². The molecule has 0 saturated carbocycles. The van der Waals surface area contributed by atoms with Crippen molar-refractivity contribution in [2.24, 2.45) is 0 Å². The van der Waals surface area contributed by atoms with Gasteiger partial charge in [-0.2, -0.15) is 13.2 Å². The van der Waals surface area contributed by atoms with Gasteiger partial charge < -0.3 is 10.0 Å². The molecular formula is C11H13F3N2O2S. The van der Waals surface area contributed by atoms with Crippen LogP contribution in [0.1, 0.15) is 29.3 Å². The number of aromatic nitrogens is 1. The minimum absolute atomic E-state index is 0.232. The number of thiazole rings is 1. The number of carbonyl (C=O) groups is 1. The van der Waals surface area contributed by atoms with Crippen molar-refractivity contribution in [3.63, 3.8) is 0 Å². The van der Waals surface area contributed by atoms with E-state index in [1.165, 1.54) is 7.05 Å². The average molecular weight is 294 g/mol. The van der Waals surface area contributed by atoms with Gasteiger partial charge in [0.15, 0.2) is 5.13 Å². The molecule has 0 aromatic carbocycles. The molecular weight excluding hydrogens is 281 g/mol. The van der Waals surface area contributed by atoms with Gasteiger partial charge >= 0.3 is 12.1 Å². The van der Waals surface area contributed by atoms with Crippen LogP contribution >= 0.6 is 11.3 Å². The zero-order valence-electron chi connectivity index (χ0n) is 10.2. The molecule has 8 heteroatoms. The van der Waals surface area contributed by atoms with Gasteiger partial charge in [0.25, 0.3) is 0 Å². The number of aryl methyl sites for hydroxylation is 1. The van der Waals surface area contributed by atoms with Crippen LogP contribution in [0.3, 0.4) is 0 Å². The van der Waals surface area contributed by atoms with Gasteiger partial charge in [0.1, 0.15) is 12.5 Å². The zero-order valence-corrected chi connectivity index (χ0v) is 11.0. The lowest BCUT2D eigenvalue weighted by Crippen LogP contribution is -2.30. The largest absolute Gasteiger partial charge is 0.481 e. The van der Waals surface area contributed by atoms with E-state index in [0.29, 0.717) is 18.5 Å². The number of rotatable bonds is 3. The van der Waals surface area contributed by atoms with Crippen LogP contribution in [0.2, 0.25) is 0 Å². The summed E-state index contributed by atoms with van der Waals surface area (Å²) in [5.41, 5.74) is 0.438. The molecule has 0 saturated heterocycles. The van der Waals surface area contributed by atoms with Crippen molar-refractivity contribution in [1.29, 1.82) is 0 Å². The molecule has 0 radical (unpaired) electrons. The summed E-state index contributed by atoms with van der Waals surface area (Å²) in [6.45, 7) is -1.09. The molecule has 0 aliphatic heterocycles. The second-order valence-corrected chi connectivity index (χ2v) is 5.62. The summed E-state index contributed by atoms with van der Waals surface area (Å²) in [6.07, 6.45) is -2.38. The molecule has 1 aliphatic carbocycles. The van der Waals surface area contributed by atoms with Gasteiger partial charge in [0, 0.05) is 11.9 Å². The topological polar surface area (TPSA) is 53.4 Å². The molecule has 2 rings (SSSR count). The van der Waals surface area contributed by atoms with Gasteiger partial charge in [-0.25, -0.2) is 4.98 Å². The van der Waals surface area contributed by atoms with E-state index in [4.69, 9.17) is 5.11 Å². The number of aliphatic carboxylic acids is 1. The Labute approximate surface area is 111 Å². The summed E-state index contributed by atoms with van der Waals surface area (Å²) in [6, 6.07) is 0. The lowest BCUT2D eigenvalue weighted by atomic mass is 9.91. The van der Waals surface area contributed by atoms with Gasteiger partial charge in [-0.1, -0.05) is 0 Å². The molecule has 1 unspecified atom stereocenters. The number of carboxylic acid groups (broad SMARTS) is 1. The molecule has 0 fully saturated rings. The molecule has 1 aliphatic rings. The molecule has 1 heterocycles. The van der Waals surface area contributed by atoms with E-state index in [0.717, 1.165) is 27.5 Å². The Bertz CT molecular complexity index is 487. The van der Waals surface area contributed by atoms with Crippen molar-refractivity contribution in [1.82, 2.24) is 4.98 Å². The summed E-state index contributed by atoms with van der Waals surface area (Å²) in [4.78, 5) is 17.0. The molecule has 0 amide bonds. The fraction of sp³-hybridized carbons (Fsp3) is 0.636. The zero-order chi connectivity index (χ0) is 14.2. The minimum atomic E-state index is -4.30. The van der Waals surface area contributed by atoms with Gasteiger partial charge in [-0.15, -0.1) is 11.3 Å². The number of anilines is 1. The number of carboxylic acids is 1. The third-order valence-corrected chi connectivity index (χ3v) is 4.23. The Hall–Kier alpha value is -1.31. The Morgan fingerprint density at radius 3 is 2.84 bits per heavy atom. The maximum absolute atomic E-state index is 12.3. The Balaban J connectivity index is 2.24. The van der Waals surface area contributed by atoms with Crippen LogP contribution in [-0.4, -0.2) is 35.8 Å². The fourth-order valence-electron chi connectivity index (χ4n) is 2.15. The summed E-state index contributed by atoms with van der Waals surface area (Å²) in [7, 11) is 1.31. The van der Waals surface area contributed by atoms with E-state index in [2.05, 4.69) is 4.98 Å². The molecule has 4 nitrogen and oxygen atoms in total. The van der Waals surface area contributed by atoms with E-state index < -0.39 is 24.6 Å². The first-order chi connectivity index (χ1) is 8.78. The third-order valence-electron chi connectivity index (χ3n) is 2.98. The Kier molecular flexibility index (Phi) is 3.71. The highest BCUT2D eigenvalue weighted by Crippen LogP contribution is 2.38. The standard InChI is InChI=1S/C11H13F3N2O2S/c1-16(5-11(12,13)14)10-15-8-6(9(17)18)3-2-4-7(8)19-10/h6H,2-5H2,1H3,(H,17,18). The van der Waals surface area contributed by atoms with Crippen molar-refractivity contribution in [3.05, 3.63) is 10.6 Å². The Morgan fingerprint density at radius 1 is 1.58 bits per heavy atom. The third kappa shape index (κ3) is 3.17. The quantitative estimate of drug-likeness (QED) is 0.931. The van der Waals surface area contributed by atoms with E-state index in [-0.39, 0.29) is 5.13 Å². The number of halogens is 3. The smallest absolute Gasteiger partial charge is 0.405 e. The van der Waals surface area contributed by atoms with Crippen molar-refractivity contribution in [2.75, 3.05) is 18.5 Å². The molecule has 1 N–H and O–H groups in total. The van der Waals surface area contributed by atoms with Crippen LogP contribution < -0.4 is 4.90 Å². The molecule has 19 heavy (non-hydrogen) atoms. The van der Waals surface area contributed by atoms with E-state index in [1.54, 1.807) is 0 Å². The van der Waals surface area contributed by atoms with Gasteiger partial charge in [-0.3, -0.25) is 4.79 Å². The molecule has 0 spiro atoms. The lowest BCUT2D eigenvalue weighted by molar-refractivity contribution is -0.139. The maximum atomic E-state index is 12.3. The summed E-state index contributed by atoms with van der Waals surface area (Å²) in [5, 5.41) is 9.32. The second kappa shape index (κ2) is 4.99. The molecule has 1 aromatic heterocycles. The number of fused-ring (bicyclic) bond motifs is 1. The normalized spacial score (nSPS) is 19.1. The first kappa shape index (κ1) is 14.1. The maximum Gasteiger partial charge on any atom is 0.405 e. The highest BCUT2D eigenvalue weighted by Gasteiger charge is 2.33. The van der Waals surface area contributed by atoms with Crippen molar-refractivity contribution in [2.45, 2.75) is 31.4 Å². The minimum Gasteiger partial charge on any atom is -0.481 e. The highest BCUT2D eigenvalue weighted by molar-refractivity contribution is 7.15. The predicted octanol–water partition coefficient (Wildman–Crippen LogP) is 2.65. The van der Waals surface area contributed by atoms with Crippen LogP contribution in [0.25, 0.3) is 0 Å². The van der Waals surface area contributed by atoms with Crippen LogP contribution in [0.5, 0.6) is 0 Å². The molecule has 106 valence electrons. The first-order valence-corrected chi connectivity index (χ1v) is 6.60. The molecule has 1 atom stereocenters. The van der Waals surface area contributed by atoms with Crippen LogP contribution in [-0.2, 0) is 11.2 Å². The molecule has 0 bridgehead atoms. The van der Waals surface area contributed by atoms with Crippen molar-refractivity contribution in [3.8, 4) is 0 Å². The van der Waals surface area contributed by atoms with Crippen molar-refractivity contribution >= 4 is 22.4 Å². The average Bonchev–Trinajstić information content (AvgIpc) is 2.69. The summed E-state index contributed by atoms with van der Waals surface area (Å²) < 4.78 is 37.0. The fourth-order valence-corrected chi connectivity index (χ4v) is 3.27. The highest BCUT2D eigenvalue weighted by atomic mass is 32.1. The molecule has 1 aromatic rings. The number of nitrogens with zero attached hydrogens (tertiary/aromatic N) is 2. The lowest BCUT2D eigenvalue weighted by Gasteiger charge is -2.17. The number of alkyl halides is 3. The van der Waals surface area contributed by atoms with E-state index >= 15 is 0 Å². The Morgan fingerprint density at radius 2 is 2.26 bits per heavy atom.